The van der Waals surface area contributed by atoms with Crippen LogP contribution in [0.5, 0.6) is 0 Å². The lowest BCUT2D eigenvalue weighted by molar-refractivity contribution is -0.147. The molecule has 57 heavy (non-hydrogen) atoms. The molecule has 0 unspecified atom stereocenters. The van der Waals surface area contributed by atoms with E-state index in [2.05, 4.69) is 16.0 Å². The number of carbonyl (C=O) groups is 6. The number of amides is 3. The molecule has 14 nitrogen and oxygen atoms in total. The van der Waals surface area contributed by atoms with Gasteiger partial charge in [0.05, 0.1) is 25.1 Å². The summed E-state index contributed by atoms with van der Waals surface area (Å²) in [7, 11) is 6.57. The molecule has 0 saturated carbocycles. The van der Waals surface area contributed by atoms with Gasteiger partial charge in [0.2, 0.25) is 17.7 Å². The SMILES string of the molecule is CN[C@H](C(=O)N[C@H](C(=O)N(C)[C@H](/C=C(\C)C(=O)N[C@H](CCC(=O)C[C@@H](CCCCN)C(=O)OC)C(=O)O)C(C)C)C(C)(C)C)C(C)(C)c1cn(C)c2ccccc12. The van der Waals surface area contributed by atoms with Crippen LogP contribution in [0.15, 0.2) is 42.1 Å². The van der Waals surface area contributed by atoms with Crippen molar-refractivity contribution >= 4 is 46.3 Å². The number of carbonyl (C=O) groups excluding carboxylic acids is 5. The van der Waals surface area contributed by atoms with Crippen molar-refractivity contribution in [2.45, 2.75) is 123 Å². The molecule has 14 heteroatoms. The van der Waals surface area contributed by atoms with Crippen LogP contribution < -0.4 is 21.7 Å². The van der Waals surface area contributed by atoms with Crippen LogP contribution in [0.1, 0.15) is 99.5 Å². The molecule has 1 aromatic heterocycles. The maximum absolute atomic E-state index is 14.4. The van der Waals surface area contributed by atoms with Gasteiger partial charge in [-0.3, -0.25) is 24.0 Å². The highest BCUT2D eigenvalue weighted by Gasteiger charge is 2.42. The van der Waals surface area contributed by atoms with E-state index in [1.165, 1.54) is 18.9 Å². The number of carboxylic acid groups (broad SMARTS) is 1. The fourth-order valence-corrected chi connectivity index (χ4v) is 7.36. The number of hydrogen-bond acceptors (Lipinski definition) is 9. The molecule has 1 heterocycles. The summed E-state index contributed by atoms with van der Waals surface area (Å²) in [6, 6.07) is 4.40. The largest absolute Gasteiger partial charge is 0.480 e. The number of nitrogens with one attached hydrogen (secondary N) is 3. The quantitative estimate of drug-likeness (QED) is 0.0652. The minimum Gasteiger partial charge on any atom is -0.480 e. The van der Waals surface area contributed by atoms with E-state index in [4.69, 9.17) is 10.5 Å². The number of rotatable bonds is 22. The number of likely N-dealkylation sites (N-methyl/N-ethyl adjacent to an activating group) is 2. The summed E-state index contributed by atoms with van der Waals surface area (Å²) in [5.74, 6) is -4.31. The number of esters is 1. The second kappa shape index (κ2) is 21.3. The van der Waals surface area contributed by atoms with Crippen molar-refractivity contribution in [2.24, 2.45) is 30.0 Å². The molecule has 0 bridgehead atoms. The number of unbranched alkanes of at least 4 members (excludes halogenated alkanes) is 1. The van der Waals surface area contributed by atoms with Crippen LogP contribution in [-0.2, 0) is 46.0 Å². The summed E-state index contributed by atoms with van der Waals surface area (Å²) in [4.78, 5) is 80.6. The predicted octanol–water partition coefficient (Wildman–Crippen LogP) is 4.23. The maximum atomic E-state index is 14.4. The van der Waals surface area contributed by atoms with Crippen molar-refractivity contribution in [1.29, 1.82) is 0 Å². The average molecular weight is 797 g/mol. The minimum atomic E-state index is -1.37. The van der Waals surface area contributed by atoms with Gasteiger partial charge in [-0.25, -0.2) is 4.79 Å². The van der Waals surface area contributed by atoms with Crippen LogP contribution in [0.2, 0.25) is 0 Å². The Morgan fingerprint density at radius 3 is 2.16 bits per heavy atom. The summed E-state index contributed by atoms with van der Waals surface area (Å²) in [6.07, 6.45) is 4.99. The van der Waals surface area contributed by atoms with Gasteiger partial charge in [0.15, 0.2) is 0 Å². The zero-order valence-corrected chi connectivity index (χ0v) is 36.2. The number of Topliss-reactive ketones (excluding diaryl/α,β-unsaturated/α-hetero) is 1. The van der Waals surface area contributed by atoms with E-state index >= 15 is 0 Å². The van der Waals surface area contributed by atoms with Gasteiger partial charge in [0, 0.05) is 55.0 Å². The van der Waals surface area contributed by atoms with Crippen molar-refractivity contribution in [1.82, 2.24) is 25.4 Å². The van der Waals surface area contributed by atoms with E-state index in [1.807, 2.05) is 90.5 Å². The van der Waals surface area contributed by atoms with Crippen molar-refractivity contribution in [2.75, 3.05) is 27.7 Å². The topological polar surface area (TPSA) is 202 Å². The molecule has 6 N–H and O–H groups in total. The van der Waals surface area contributed by atoms with Crippen LogP contribution in [0.3, 0.4) is 0 Å². The zero-order chi connectivity index (χ0) is 43.4. The molecule has 3 amide bonds. The van der Waals surface area contributed by atoms with Gasteiger partial charge < -0.3 is 41.0 Å². The molecule has 0 spiro atoms. The van der Waals surface area contributed by atoms with E-state index in [-0.39, 0.29) is 48.4 Å². The molecule has 0 radical (unpaired) electrons. The number of methoxy groups -OCH3 is 1. The lowest BCUT2D eigenvalue weighted by Crippen LogP contribution is -2.61. The highest BCUT2D eigenvalue weighted by Crippen LogP contribution is 2.35. The minimum absolute atomic E-state index is 0.0967. The molecule has 2 aromatic rings. The van der Waals surface area contributed by atoms with Gasteiger partial charge in [0.1, 0.15) is 17.9 Å². The van der Waals surface area contributed by atoms with Crippen molar-refractivity contribution in [3.8, 4) is 0 Å². The van der Waals surface area contributed by atoms with Gasteiger partial charge in [-0.2, -0.15) is 0 Å². The first-order valence-corrected chi connectivity index (χ1v) is 19.8. The monoisotopic (exact) mass is 797 g/mol. The maximum Gasteiger partial charge on any atom is 0.326 e. The molecule has 0 aliphatic rings. The van der Waals surface area contributed by atoms with Crippen LogP contribution in [-0.4, -0.2) is 102 Å². The summed E-state index contributed by atoms with van der Waals surface area (Å²) >= 11 is 0. The number of fused-ring (bicyclic) bond motifs is 1. The lowest BCUT2D eigenvalue weighted by atomic mass is 9.76. The predicted molar refractivity (Wildman–Crippen MR) is 222 cm³/mol. The number of benzene rings is 1. The molecular formula is C43H68N6O8. The van der Waals surface area contributed by atoms with Gasteiger partial charge >= 0.3 is 11.9 Å². The lowest BCUT2D eigenvalue weighted by Gasteiger charge is -2.39. The average Bonchev–Trinajstić information content (AvgIpc) is 3.49. The first kappa shape index (κ1) is 48.6. The van der Waals surface area contributed by atoms with Crippen molar-refractivity contribution < 1.29 is 38.6 Å². The number of hydrogen-bond donors (Lipinski definition) is 5. The van der Waals surface area contributed by atoms with E-state index < -0.39 is 58.8 Å². The second-order valence-corrected chi connectivity index (χ2v) is 17.1. The molecular weight excluding hydrogens is 729 g/mol. The number of para-hydroxylation sites is 1. The van der Waals surface area contributed by atoms with Crippen LogP contribution in [0, 0.1) is 17.3 Å². The molecule has 5 atom stereocenters. The van der Waals surface area contributed by atoms with Gasteiger partial charge in [-0.1, -0.05) is 79.2 Å². The summed E-state index contributed by atoms with van der Waals surface area (Å²) in [6.45, 7) is 15.4. The molecule has 0 aliphatic heterocycles. The molecule has 2 rings (SSSR count). The third kappa shape index (κ3) is 13.0. The van der Waals surface area contributed by atoms with Crippen LogP contribution in [0.25, 0.3) is 10.9 Å². The smallest absolute Gasteiger partial charge is 0.326 e. The first-order valence-electron chi connectivity index (χ1n) is 19.8. The second-order valence-electron chi connectivity index (χ2n) is 17.1. The van der Waals surface area contributed by atoms with E-state index in [0.717, 1.165) is 16.5 Å². The molecule has 0 aliphatic carbocycles. The number of ether oxygens (including phenoxy) is 1. The summed E-state index contributed by atoms with van der Waals surface area (Å²) < 4.78 is 6.88. The number of aromatic nitrogens is 1. The van der Waals surface area contributed by atoms with E-state index in [0.29, 0.717) is 25.8 Å². The van der Waals surface area contributed by atoms with E-state index in [1.54, 1.807) is 20.2 Å². The number of carboxylic acids is 1. The number of nitrogens with two attached hydrogens (primary N) is 1. The zero-order valence-electron chi connectivity index (χ0n) is 36.2. The van der Waals surface area contributed by atoms with Gasteiger partial charge in [-0.05, 0) is 62.7 Å². The Hall–Kier alpha value is -4.56. The molecule has 0 saturated heterocycles. The Morgan fingerprint density at radius 2 is 1.61 bits per heavy atom. The highest BCUT2D eigenvalue weighted by atomic mass is 16.5. The highest BCUT2D eigenvalue weighted by molar-refractivity contribution is 5.96. The third-order valence-corrected chi connectivity index (χ3v) is 10.9. The number of ketones is 1. The molecule has 318 valence electrons. The van der Waals surface area contributed by atoms with Crippen LogP contribution in [0.4, 0.5) is 0 Å². The van der Waals surface area contributed by atoms with Crippen LogP contribution >= 0.6 is 0 Å². The number of aryl methyl sites for hydroxylation is 1. The fraction of sp³-hybridized carbons (Fsp3) is 0.628. The first-order chi connectivity index (χ1) is 26.5. The Balaban J connectivity index is 2.26. The third-order valence-electron chi connectivity index (χ3n) is 10.9. The molecule has 0 fully saturated rings. The van der Waals surface area contributed by atoms with Crippen molar-refractivity contribution in [3.63, 3.8) is 0 Å². The normalized spacial score (nSPS) is 15.0. The molecule has 1 aromatic carbocycles. The summed E-state index contributed by atoms with van der Waals surface area (Å²) in [5.41, 5.74) is 6.38. The van der Waals surface area contributed by atoms with Gasteiger partial charge in [0.25, 0.3) is 0 Å². The summed E-state index contributed by atoms with van der Waals surface area (Å²) in [5, 5.41) is 19.7. The van der Waals surface area contributed by atoms with Crippen molar-refractivity contribution in [3.05, 3.63) is 47.7 Å². The number of aliphatic carboxylic acids is 1. The number of nitrogens with zero attached hydrogens (tertiary/aromatic N) is 2. The van der Waals surface area contributed by atoms with E-state index in [9.17, 15) is 33.9 Å². The fourth-order valence-electron chi connectivity index (χ4n) is 7.36. The standard InChI is InChI=1S/C43H68N6O8/c1-26(2)34(23-27(3)37(51)46-32(40(54)55)21-20-29(50)24-28(41(56)57-12)17-15-16-22-44)49(11)39(53)36(42(4,5)6)47-38(52)35(45-9)43(7,8)31-25-48(10)33-19-14-13-18-30(31)33/h13-14,18-19,23,25-26,28,32,34-36,45H,15-17,20-22,24,44H2,1-12H3,(H,46,51)(H,47,52)(H,54,55)/b27-23+/t28-,32-,34-,35-,36-/m1/s1. The Bertz CT molecular complexity index is 1760. The van der Waals surface area contributed by atoms with Gasteiger partial charge in [-0.15, -0.1) is 0 Å². The Morgan fingerprint density at radius 1 is 0.982 bits per heavy atom. The Kier molecular flexibility index (Phi) is 18.1. The Labute approximate surface area is 338 Å².